The van der Waals surface area contributed by atoms with Crippen molar-refractivity contribution in [2.75, 3.05) is 10.6 Å². The average Bonchev–Trinajstić information content (AvgIpc) is 3.13. The van der Waals surface area contributed by atoms with Gasteiger partial charge in [-0.05, 0) is 71.8 Å². The van der Waals surface area contributed by atoms with E-state index in [1.54, 1.807) is 60.7 Å². The number of carbonyl (C=O) groups is 2. The summed E-state index contributed by atoms with van der Waals surface area (Å²) in [4.78, 5) is 47.3. The minimum Gasteiger partial charge on any atom is -0.508 e. The fourth-order valence-corrected chi connectivity index (χ4v) is 5.22. The summed E-state index contributed by atoms with van der Waals surface area (Å²) in [5, 5.41) is 47.7. The zero-order valence-electron chi connectivity index (χ0n) is 27.2. The summed E-state index contributed by atoms with van der Waals surface area (Å²) in [7, 11) is 0. The van der Waals surface area contributed by atoms with E-state index in [0.29, 0.717) is 22.3 Å². The number of amides is 2. The molecular formula is C38H26N4O11. The summed E-state index contributed by atoms with van der Waals surface area (Å²) in [6.45, 7) is 0. The molecule has 0 saturated heterocycles. The van der Waals surface area contributed by atoms with Gasteiger partial charge in [-0.15, -0.1) is 0 Å². The SMILES string of the molecule is O=C(Nc1cccc(Oc2cccc(NC(=O)Oc3cccc([N+](=O)[O-])c3)c2-c2ccc(O)cc2)c1-c1ccc(O)cc1)Oc1cccc([N+](=O)[O-])c1. The molecule has 0 aliphatic rings. The number of rotatable bonds is 10. The minimum absolute atomic E-state index is 0.0165. The number of ether oxygens (including phenoxy) is 3. The Bertz CT molecular complexity index is 2180. The van der Waals surface area contributed by atoms with Crippen molar-refractivity contribution < 1.29 is 43.9 Å². The maximum absolute atomic E-state index is 13.1. The lowest BCUT2D eigenvalue weighted by Crippen LogP contribution is -2.17. The smallest absolute Gasteiger partial charge is 0.417 e. The molecule has 0 fully saturated rings. The lowest BCUT2D eigenvalue weighted by molar-refractivity contribution is -0.385. The first-order chi connectivity index (χ1) is 25.5. The highest BCUT2D eigenvalue weighted by atomic mass is 16.6. The van der Waals surface area contributed by atoms with Crippen LogP contribution in [0, 0.1) is 20.2 Å². The largest absolute Gasteiger partial charge is 0.508 e. The fourth-order valence-electron chi connectivity index (χ4n) is 5.22. The molecule has 0 unspecified atom stereocenters. The molecule has 0 aliphatic heterocycles. The number of hydrogen-bond acceptors (Lipinski definition) is 11. The lowest BCUT2D eigenvalue weighted by atomic mass is 10.0. The van der Waals surface area contributed by atoms with E-state index in [1.807, 2.05) is 0 Å². The van der Waals surface area contributed by atoms with Crippen molar-refractivity contribution >= 4 is 34.9 Å². The van der Waals surface area contributed by atoms with Crippen LogP contribution >= 0.6 is 0 Å². The van der Waals surface area contributed by atoms with E-state index < -0.39 is 22.0 Å². The summed E-state index contributed by atoms with van der Waals surface area (Å²) in [6, 6.07) is 32.0. The second-order valence-electron chi connectivity index (χ2n) is 11.1. The number of carbonyl (C=O) groups excluding carboxylic acids is 2. The minimum atomic E-state index is -0.957. The maximum Gasteiger partial charge on any atom is 0.417 e. The normalized spacial score (nSPS) is 10.5. The Labute approximate surface area is 299 Å². The number of nitrogens with zero attached hydrogens (tertiary/aromatic N) is 2. The van der Waals surface area contributed by atoms with Gasteiger partial charge in [0.2, 0.25) is 0 Å². The molecule has 0 spiro atoms. The molecule has 6 rings (SSSR count). The molecule has 2 amide bonds. The Kier molecular flexibility index (Phi) is 10.1. The molecule has 0 saturated carbocycles. The van der Waals surface area contributed by atoms with Crippen LogP contribution in [0.1, 0.15) is 0 Å². The Balaban J connectivity index is 1.37. The summed E-state index contributed by atoms with van der Waals surface area (Å²) >= 11 is 0. The summed E-state index contributed by atoms with van der Waals surface area (Å²) in [5.41, 5.74) is 1.60. The van der Waals surface area contributed by atoms with Crippen LogP contribution in [0.4, 0.5) is 32.3 Å². The summed E-state index contributed by atoms with van der Waals surface area (Å²) < 4.78 is 17.2. The topological polar surface area (TPSA) is 213 Å². The quantitative estimate of drug-likeness (QED) is 0.0775. The molecule has 0 heterocycles. The number of non-ortho nitro benzene ring substituents is 2. The molecule has 15 nitrogen and oxygen atoms in total. The molecule has 0 atom stereocenters. The predicted octanol–water partition coefficient (Wildman–Crippen LogP) is 9.26. The van der Waals surface area contributed by atoms with Gasteiger partial charge >= 0.3 is 12.2 Å². The van der Waals surface area contributed by atoms with Gasteiger partial charge in [0, 0.05) is 23.3 Å². The Morgan fingerprint density at radius 3 is 1.28 bits per heavy atom. The van der Waals surface area contributed by atoms with Crippen molar-refractivity contribution in [1.29, 1.82) is 0 Å². The number of nitrogens with one attached hydrogen (secondary N) is 2. The van der Waals surface area contributed by atoms with Crippen molar-refractivity contribution in [3.63, 3.8) is 0 Å². The zero-order chi connectivity index (χ0) is 37.5. The number of aromatic hydroxyl groups is 2. The monoisotopic (exact) mass is 714 g/mol. The first-order valence-corrected chi connectivity index (χ1v) is 15.5. The average molecular weight is 715 g/mol. The van der Waals surface area contributed by atoms with Crippen molar-refractivity contribution in [2.45, 2.75) is 0 Å². The van der Waals surface area contributed by atoms with Gasteiger partial charge in [0.25, 0.3) is 11.4 Å². The van der Waals surface area contributed by atoms with Crippen LogP contribution in [-0.4, -0.2) is 32.2 Å². The number of phenolic OH excluding ortho intramolecular Hbond substituents is 2. The third kappa shape index (κ3) is 8.45. The van der Waals surface area contributed by atoms with Crippen LogP contribution in [-0.2, 0) is 0 Å². The van der Waals surface area contributed by atoms with E-state index in [-0.39, 0.29) is 57.2 Å². The van der Waals surface area contributed by atoms with E-state index in [9.17, 15) is 40.0 Å². The van der Waals surface area contributed by atoms with E-state index >= 15 is 0 Å². The second-order valence-corrected chi connectivity index (χ2v) is 11.1. The van der Waals surface area contributed by atoms with E-state index in [4.69, 9.17) is 14.2 Å². The van der Waals surface area contributed by atoms with Crippen LogP contribution in [0.5, 0.6) is 34.5 Å². The van der Waals surface area contributed by atoms with Crippen LogP contribution in [0.2, 0.25) is 0 Å². The van der Waals surface area contributed by atoms with Gasteiger partial charge in [-0.1, -0.05) is 48.5 Å². The molecule has 4 N–H and O–H groups in total. The Morgan fingerprint density at radius 1 is 0.528 bits per heavy atom. The lowest BCUT2D eigenvalue weighted by Gasteiger charge is -2.20. The van der Waals surface area contributed by atoms with Crippen LogP contribution in [0.15, 0.2) is 133 Å². The van der Waals surface area contributed by atoms with Crippen LogP contribution in [0.3, 0.4) is 0 Å². The summed E-state index contributed by atoms with van der Waals surface area (Å²) in [6.07, 6.45) is -1.91. The summed E-state index contributed by atoms with van der Waals surface area (Å²) in [5.74, 6) is 0.249. The molecule has 264 valence electrons. The molecule has 53 heavy (non-hydrogen) atoms. The van der Waals surface area contributed by atoms with Crippen LogP contribution < -0.4 is 24.8 Å². The van der Waals surface area contributed by atoms with Gasteiger partial charge in [0.1, 0.15) is 34.5 Å². The number of hydrogen-bond donors (Lipinski definition) is 4. The van der Waals surface area contributed by atoms with Gasteiger partial charge in [-0.3, -0.25) is 30.9 Å². The number of anilines is 2. The molecule has 6 aromatic rings. The number of nitro groups is 2. The molecule has 15 heteroatoms. The van der Waals surface area contributed by atoms with Gasteiger partial charge in [-0.2, -0.15) is 0 Å². The number of phenols is 2. The van der Waals surface area contributed by atoms with Gasteiger partial charge in [0.15, 0.2) is 0 Å². The maximum atomic E-state index is 13.1. The van der Waals surface area contributed by atoms with E-state index in [2.05, 4.69) is 10.6 Å². The first-order valence-electron chi connectivity index (χ1n) is 15.5. The highest BCUT2D eigenvalue weighted by Crippen LogP contribution is 2.44. The van der Waals surface area contributed by atoms with E-state index in [0.717, 1.165) is 12.1 Å². The molecule has 0 aromatic heterocycles. The number of nitro benzene ring substituents is 2. The second kappa shape index (κ2) is 15.3. The fraction of sp³-hybridized carbons (Fsp3) is 0. The Hall–Kier alpha value is -7.94. The molecular weight excluding hydrogens is 688 g/mol. The molecule has 0 aliphatic carbocycles. The van der Waals surface area contributed by atoms with Crippen molar-refractivity contribution in [1.82, 2.24) is 0 Å². The van der Waals surface area contributed by atoms with Gasteiger partial charge in [-0.25, -0.2) is 9.59 Å². The van der Waals surface area contributed by atoms with Gasteiger partial charge in [0.05, 0.1) is 33.4 Å². The van der Waals surface area contributed by atoms with Crippen LogP contribution in [0.25, 0.3) is 22.3 Å². The molecule has 0 bridgehead atoms. The van der Waals surface area contributed by atoms with Gasteiger partial charge < -0.3 is 24.4 Å². The first kappa shape index (κ1) is 34.9. The number of benzene rings is 6. The molecule has 0 radical (unpaired) electrons. The Morgan fingerprint density at radius 2 is 0.906 bits per heavy atom. The van der Waals surface area contributed by atoms with Crippen molar-refractivity contribution in [2.24, 2.45) is 0 Å². The standard InChI is InChI=1S/C38H26N4O11/c43-27-17-13-23(14-18-27)35-31(39-37(45)51-29-7-1-5-25(21-29)41(47)48)9-3-11-33(35)53-34-12-4-10-32(36(34)24-15-19-28(44)20-16-24)40-38(46)52-30-8-2-6-26(22-30)42(49)50/h1-22,43-44H,(H,39,45)(H,40,46). The van der Waals surface area contributed by atoms with Crippen molar-refractivity contribution in [3.05, 3.63) is 154 Å². The zero-order valence-corrected chi connectivity index (χ0v) is 27.2. The third-order valence-electron chi connectivity index (χ3n) is 7.54. The highest BCUT2D eigenvalue weighted by molar-refractivity contribution is 5.96. The van der Waals surface area contributed by atoms with E-state index in [1.165, 1.54) is 60.7 Å². The van der Waals surface area contributed by atoms with Crippen molar-refractivity contribution in [3.8, 4) is 56.8 Å². The molecule has 6 aromatic carbocycles. The third-order valence-corrected chi connectivity index (χ3v) is 7.54. The predicted molar refractivity (Wildman–Crippen MR) is 193 cm³/mol. The highest BCUT2D eigenvalue weighted by Gasteiger charge is 2.21.